The van der Waals surface area contributed by atoms with Gasteiger partial charge in [0.15, 0.2) is 0 Å². The van der Waals surface area contributed by atoms with Crippen LogP contribution >= 0.6 is 0 Å². The Kier molecular flexibility index (Phi) is 16.4. The standard InChI is InChI=1S/2C14H10F2NO.2C5H5.Ti/c2*1-9-2-4-10(5-3-9)14(18)17-13-7-6-11(15)8-12(13)16;2*1-2-4-5-3-1;/h2*2-7H,1H3,(H,17,18);2*1-5H;/q4*-1;+4. The van der Waals surface area contributed by atoms with Gasteiger partial charge in [-0.2, -0.15) is 36.4 Å². The van der Waals surface area contributed by atoms with E-state index in [1.807, 2.05) is 86.6 Å². The van der Waals surface area contributed by atoms with Crippen molar-refractivity contribution in [1.82, 2.24) is 0 Å². The molecule has 0 radical (unpaired) electrons. The molecule has 0 saturated carbocycles. The maximum Gasteiger partial charge on any atom is 4.00 e. The number of nitrogens with one attached hydrogen (secondary N) is 2. The van der Waals surface area contributed by atoms with E-state index in [2.05, 4.69) is 10.6 Å². The zero-order chi connectivity index (χ0) is 33.3. The monoisotopic (exact) mass is 670 g/mol. The van der Waals surface area contributed by atoms with Crippen molar-refractivity contribution in [3.63, 3.8) is 0 Å². The maximum absolute atomic E-state index is 13.3. The van der Waals surface area contributed by atoms with Gasteiger partial charge in [0.05, 0.1) is 0 Å². The summed E-state index contributed by atoms with van der Waals surface area (Å²) in [6.07, 6.45) is 0. The van der Waals surface area contributed by atoms with Gasteiger partial charge < -0.3 is 10.6 Å². The minimum atomic E-state index is -0.921. The fourth-order valence-electron chi connectivity index (χ4n) is 3.52. The molecule has 0 saturated heterocycles. The number of anilines is 2. The molecule has 2 N–H and O–H groups in total. The second-order valence-corrected chi connectivity index (χ2v) is 9.63. The molecule has 0 aliphatic rings. The number of amides is 2. The minimum Gasteiger partial charge on any atom is -0.373 e. The van der Waals surface area contributed by atoms with E-state index in [0.29, 0.717) is 11.1 Å². The summed E-state index contributed by atoms with van der Waals surface area (Å²) in [6.45, 7) is 3.80. The first-order valence-corrected chi connectivity index (χ1v) is 14.0. The third-order valence-electron chi connectivity index (χ3n) is 5.96. The van der Waals surface area contributed by atoms with Crippen LogP contribution in [0.5, 0.6) is 0 Å². The third-order valence-corrected chi connectivity index (χ3v) is 5.96. The van der Waals surface area contributed by atoms with Crippen molar-refractivity contribution in [3.8, 4) is 0 Å². The largest absolute Gasteiger partial charge is 4.00 e. The van der Waals surface area contributed by atoms with Crippen LogP contribution in [0.4, 0.5) is 28.9 Å². The molecule has 9 heteroatoms. The molecule has 6 aromatic rings. The number of rotatable bonds is 4. The van der Waals surface area contributed by atoms with Crippen molar-refractivity contribution in [2.24, 2.45) is 0 Å². The fourth-order valence-corrected chi connectivity index (χ4v) is 3.52. The van der Waals surface area contributed by atoms with Gasteiger partial charge in [0, 0.05) is 34.4 Å². The summed E-state index contributed by atoms with van der Waals surface area (Å²) in [7, 11) is 0. The predicted molar refractivity (Wildman–Crippen MR) is 173 cm³/mol. The summed E-state index contributed by atoms with van der Waals surface area (Å²) < 4.78 is 51.8. The second kappa shape index (κ2) is 20.2. The molecule has 0 heterocycles. The zero-order valence-electron chi connectivity index (χ0n) is 25.5. The van der Waals surface area contributed by atoms with Crippen LogP contribution in [0.1, 0.15) is 31.8 Å². The van der Waals surface area contributed by atoms with E-state index < -0.39 is 35.1 Å². The maximum atomic E-state index is 13.3. The minimum absolute atomic E-state index is 0. The molecule has 0 unspecified atom stereocenters. The van der Waals surface area contributed by atoms with Gasteiger partial charge in [-0.15, -0.1) is 36.4 Å². The predicted octanol–water partition coefficient (Wildman–Crippen LogP) is 9.46. The number of hydrogen-bond acceptors (Lipinski definition) is 2. The van der Waals surface area contributed by atoms with E-state index in [0.717, 1.165) is 35.4 Å². The molecule has 0 atom stereocenters. The summed E-state index contributed by atoms with van der Waals surface area (Å²) in [5.41, 5.74) is 2.67. The van der Waals surface area contributed by atoms with Crippen molar-refractivity contribution >= 4 is 23.2 Å². The Morgan fingerprint density at radius 3 is 1.11 bits per heavy atom. The van der Waals surface area contributed by atoms with Gasteiger partial charge in [-0.05, 0) is 49.5 Å². The van der Waals surface area contributed by atoms with Crippen LogP contribution in [0.15, 0.2) is 133 Å². The van der Waals surface area contributed by atoms with Gasteiger partial charge in [0.25, 0.3) is 0 Å². The van der Waals surface area contributed by atoms with Gasteiger partial charge in [0.1, 0.15) is 0 Å². The first-order chi connectivity index (χ1) is 22.1. The fraction of sp³-hybridized carbons (Fsp3) is 0.0526. The van der Waals surface area contributed by atoms with Crippen molar-refractivity contribution < 1.29 is 48.9 Å². The van der Waals surface area contributed by atoms with Crippen LogP contribution in [0.2, 0.25) is 0 Å². The van der Waals surface area contributed by atoms with Gasteiger partial charge >= 0.3 is 21.7 Å². The number of halogens is 4. The molecule has 47 heavy (non-hydrogen) atoms. The SMILES string of the molecule is Cc1ccc(C(=O)Nc2ccc(F)[c-]c2F)cc1.Cc1ccc(C(=O)Nc2ccc(F)[c-]c2F)cc1.[Ti+4].c1cc[cH-]c1.c1cc[cH-]c1. The molecule has 236 valence electrons. The Bertz CT molecular complexity index is 1600. The Hall–Kier alpha value is -5.05. The molecule has 6 rings (SSSR count). The third kappa shape index (κ3) is 13.9. The smallest absolute Gasteiger partial charge is 0.373 e. The van der Waals surface area contributed by atoms with Gasteiger partial charge in [-0.3, -0.25) is 9.59 Å². The molecule has 4 nitrogen and oxygen atoms in total. The molecule has 0 fully saturated rings. The van der Waals surface area contributed by atoms with E-state index in [1.165, 1.54) is 0 Å². The van der Waals surface area contributed by atoms with Crippen molar-refractivity contribution in [3.05, 3.63) is 191 Å². The summed E-state index contributed by atoms with van der Waals surface area (Å²) in [5, 5.41) is 4.72. The zero-order valence-corrected chi connectivity index (χ0v) is 27.1. The molecule has 6 aromatic carbocycles. The van der Waals surface area contributed by atoms with Gasteiger partial charge in [-0.1, -0.05) is 35.4 Å². The average Bonchev–Trinajstić information content (AvgIpc) is 3.81. The van der Waals surface area contributed by atoms with E-state index >= 15 is 0 Å². The average molecular weight is 671 g/mol. The van der Waals surface area contributed by atoms with Crippen molar-refractivity contribution in [1.29, 1.82) is 0 Å². The molecule has 0 aliphatic carbocycles. The van der Waals surface area contributed by atoms with E-state index in [1.54, 1.807) is 48.5 Å². The number of carbonyl (C=O) groups is 2. The number of hydrogen-bond donors (Lipinski definition) is 2. The molecule has 0 bridgehead atoms. The van der Waals surface area contributed by atoms with Crippen molar-refractivity contribution in [2.75, 3.05) is 10.6 Å². The summed E-state index contributed by atoms with van der Waals surface area (Å²) in [5.74, 6) is -4.35. The van der Waals surface area contributed by atoms with Crippen LogP contribution < -0.4 is 10.6 Å². The Morgan fingerprint density at radius 2 is 0.851 bits per heavy atom. The van der Waals surface area contributed by atoms with Crippen LogP contribution in [-0.2, 0) is 21.7 Å². The summed E-state index contributed by atoms with van der Waals surface area (Å²) in [4.78, 5) is 23.6. The number of benzene rings is 4. The summed E-state index contributed by atoms with van der Waals surface area (Å²) >= 11 is 0. The second-order valence-electron chi connectivity index (χ2n) is 9.63. The van der Waals surface area contributed by atoms with E-state index in [9.17, 15) is 27.2 Å². The topological polar surface area (TPSA) is 58.2 Å². The van der Waals surface area contributed by atoms with Crippen LogP contribution in [0.3, 0.4) is 0 Å². The molecule has 0 spiro atoms. The molecular weight excluding hydrogens is 640 g/mol. The Balaban J connectivity index is 0.000000248. The van der Waals surface area contributed by atoms with Gasteiger partial charge in [0.2, 0.25) is 11.8 Å². The van der Waals surface area contributed by atoms with Crippen LogP contribution in [-0.4, -0.2) is 11.8 Å². The molecular formula is C38H30F4N2O2Ti. The first kappa shape index (κ1) is 38.1. The van der Waals surface area contributed by atoms with E-state index in [-0.39, 0.29) is 33.1 Å². The Morgan fingerprint density at radius 1 is 0.532 bits per heavy atom. The number of carbonyl (C=O) groups excluding carboxylic acids is 2. The first-order valence-electron chi connectivity index (χ1n) is 14.0. The van der Waals surface area contributed by atoms with Crippen LogP contribution in [0.25, 0.3) is 0 Å². The molecule has 2 amide bonds. The summed E-state index contributed by atoms with van der Waals surface area (Å²) in [6, 6.07) is 41.8. The van der Waals surface area contributed by atoms with E-state index in [4.69, 9.17) is 0 Å². The quantitative estimate of drug-likeness (QED) is 0.112. The molecule has 0 aromatic heterocycles. The normalized spacial score (nSPS) is 9.49. The van der Waals surface area contributed by atoms with Gasteiger partial charge in [-0.25, -0.2) is 41.8 Å². The number of aryl methyl sites for hydroxylation is 2. The van der Waals surface area contributed by atoms with Crippen LogP contribution in [0, 0.1) is 49.2 Å². The van der Waals surface area contributed by atoms with Crippen molar-refractivity contribution in [2.45, 2.75) is 13.8 Å². The Labute approximate surface area is 286 Å². The molecule has 0 aliphatic heterocycles.